The lowest BCUT2D eigenvalue weighted by molar-refractivity contribution is 0.668. The number of aromatic amines is 1. The molecule has 0 radical (unpaired) electrons. The van der Waals surface area contributed by atoms with Crippen molar-refractivity contribution in [3.05, 3.63) is 78.4 Å². The Morgan fingerprint density at radius 3 is 2.40 bits per heavy atom. The quantitative estimate of drug-likeness (QED) is 0.288. The largest absolute Gasteiger partial charge is 0.353 e. The molecule has 0 aliphatic heterocycles. The topological polar surface area (TPSA) is 20.2 Å². The molecule has 0 atom stereocenters. The Kier molecular flexibility index (Phi) is 4.05. The Bertz CT molecular complexity index is 1530. The van der Waals surface area contributed by atoms with Crippen LogP contribution in [-0.4, -0.2) is 9.38 Å². The van der Waals surface area contributed by atoms with E-state index in [1.165, 1.54) is 80.4 Å². The molecule has 0 amide bonds. The van der Waals surface area contributed by atoms with Crippen LogP contribution >= 0.6 is 0 Å². The summed E-state index contributed by atoms with van der Waals surface area (Å²) < 4.78 is 2.42. The third-order valence-corrected chi connectivity index (χ3v) is 6.60. The van der Waals surface area contributed by atoms with E-state index in [0.717, 1.165) is 6.42 Å². The number of para-hydroxylation sites is 3. The Morgan fingerprint density at radius 1 is 0.700 bits per heavy atom. The average molecular weight is 391 g/mol. The van der Waals surface area contributed by atoms with Crippen molar-refractivity contribution in [2.45, 2.75) is 39.0 Å². The monoisotopic (exact) mass is 390 g/mol. The highest BCUT2D eigenvalue weighted by Crippen LogP contribution is 2.38. The lowest BCUT2D eigenvalue weighted by atomic mass is 10.0. The first-order valence-corrected chi connectivity index (χ1v) is 11.2. The summed E-state index contributed by atoms with van der Waals surface area (Å²) in [6.07, 6.45) is 6.31. The van der Waals surface area contributed by atoms with E-state index in [9.17, 15) is 0 Å². The van der Waals surface area contributed by atoms with E-state index in [4.69, 9.17) is 0 Å². The standard InChI is InChI=1S/C28H26N2/c1-2-3-4-5-11-19-13-10-15-22-26-21-14-7-9-17-24(21)30-23-16-8-6-12-20(23)18-25(30)28(26)29-27(19)22/h6-10,12-18,29H,2-5,11H2,1H3. The summed E-state index contributed by atoms with van der Waals surface area (Å²) in [6, 6.07) is 26.7. The van der Waals surface area contributed by atoms with Gasteiger partial charge < -0.3 is 9.38 Å². The second-order valence-corrected chi connectivity index (χ2v) is 8.47. The van der Waals surface area contributed by atoms with Gasteiger partial charge in [0, 0.05) is 27.1 Å². The zero-order valence-electron chi connectivity index (χ0n) is 17.4. The number of aromatic nitrogens is 2. The second kappa shape index (κ2) is 6.91. The van der Waals surface area contributed by atoms with Crippen molar-refractivity contribution in [3.63, 3.8) is 0 Å². The molecule has 0 aliphatic carbocycles. The molecular formula is C28H26N2. The number of nitrogens with zero attached hydrogens (tertiary/aromatic N) is 1. The number of H-pyrrole nitrogens is 1. The van der Waals surface area contributed by atoms with Crippen LogP contribution in [0.2, 0.25) is 0 Å². The first-order chi connectivity index (χ1) is 14.9. The Hall–Kier alpha value is -3.26. The Balaban J connectivity index is 1.72. The average Bonchev–Trinajstić information content (AvgIpc) is 3.36. The molecule has 0 fully saturated rings. The number of pyridine rings is 1. The van der Waals surface area contributed by atoms with Gasteiger partial charge in [0.05, 0.1) is 22.1 Å². The number of unbranched alkanes of at least 4 members (excludes halogenated alkanes) is 3. The van der Waals surface area contributed by atoms with Gasteiger partial charge in [-0.25, -0.2) is 0 Å². The highest BCUT2D eigenvalue weighted by atomic mass is 14.9. The maximum atomic E-state index is 3.86. The summed E-state index contributed by atoms with van der Waals surface area (Å²) in [5, 5.41) is 5.30. The zero-order valence-corrected chi connectivity index (χ0v) is 17.4. The van der Waals surface area contributed by atoms with Crippen LogP contribution in [0.25, 0.3) is 49.1 Å². The van der Waals surface area contributed by atoms with Crippen LogP contribution in [0.1, 0.15) is 38.2 Å². The molecule has 2 heteroatoms. The van der Waals surface area contributed by atoms with Gasteiger partial charge in [-0.1, -0.05) is 80.8 Å². The van der Waals surface area contributed by atoms with E-state index >= 15 is 0 Å². The van der Waals surface area contributed by atoms with E-state index in [1.807, 2.05) is 0 Å². The fraction of sp³-hybridized carbons (Fsp3) is 0.214. The zero-order chi connectivity index (χ0) is 20.1. The third kappa shape index (κ3) is 2.50. The Labute approximate surface area is 176 Å². The minimum atomic E-state index is 1.14. The van der Waals surface area contributed by atoms with Gasteiger partial charge in [-0.15, -0.1) is 0 Å². The highest BCUT2D eigenvalue weighted by molar-refractivity contribution is 6.25. The summed E-state index contributed by atoms with van der Waals surface area (Å²) in [7, 11) is 0. The predicted octanol–water partition coefficient (Wildman–Crippen LogP) is 8.00. The number of hydrogen-bond acceptors (Lipinski definition) is 0. The highest BCUT2D eigenvalue weighted by Gasteiger charge is 2.17. The van der Waals surface area contributed by atoms with Crippen molar-refractivity contribution in [3.8, 4) is 0 Å². The molecule has 3 aromatic heterocycles. The van der Waals surface area contributed by atoms with Crippen LogP contribution in [0.15, 0.2) is 72.8 Å². The van der Waals surface area contributed by atoms with Crippen molar-refractivity contribution < 1.29 is 0 Å². The SMILES string of the molecule is CCCCCCc1cccc2c1[nH]c1c2c2ccccc2n2c3ccccc3cc12. The molecule has 6 aromatic rings. The number of hydrogen-bond donors (Lipinski definition) is 1. The lowest BCUT2D eigenvalue weighted by Gasteiger charge is -2.07. The van der Waals surface area contributed by atoms with Gasteiger partial charge in [-0.3, -0.25) is 0 Å². The van der Waals surface area contributed by atoms with E-state index in [0.29, 0.717) is 0 Å². The second-order valence-electron chi connectivity index (χ2n) is 8.47. The predicted molar refractivity (Wildman–Crippen MR) is 130 cm³/mol. The molecule has 6 rings (SSSR count). The van der Waals surface area contributed by atoms with Crippen LogP contribution in [0.3, 0.4) is 0 Å². The van der Waals surface area contributed by atoms with Gasteiger partial charge >= 0.3 is 0 Å². The van der Waals surface area contributed by atoms with E-state index in [-0.39, 0.29) is 0 Å². The van der Waals surface area contributed by atoms with Crippen LogP contribution in [0.5, 0.6) is 0 Å². The van der Waals surface area contributed by atoms with Gasteiger partial charge in [0.2, 0.25) is 0 Å². The summed E-state index contributed by atoms with van der Waals surface area (Å²) in [4.78, 5) is 3.86. The number of benzene rings is 3. The smallest absolute Gasteiger partial charge is 0.0717 e. The minimum absolute atomic E-state index is 1.14. The maximum Gasteiger partial charge on any atom is 0.0717 e. The van der Waals surface area contributed by atoms with Crippen LogP contribution in [-0.2, 0) is 6.42 Å². The molecular weight excluding hydrogens is 364 g/mol. The molecule has 0 bridgehead atoms. The molecule has 0 aliphatic rings. The number of nitrogens with one attached hydrogen (secondary N) is 1. The summed E-state index contributed by atoms with van der Waals surface area (Å²) in [5.41, 5.74) is 7.81. The van der Waals surface area contributed by atoms with Crippen molar-refractivity contribution in [1.29, 1.82) is 0 Å². The molecule has 148 valence electrons. The molecule has 3 heterocycles. The third-order valence-electron chi connectivity index (χ3n) is 6.60. The van der Waals surface area contributed by atoms with Crippen molar-refractivity contribution >= 4 is 49.1 Å². The van der Waals surface area contributed by atoms with Crippen LogP contribution in [0, 0.1) is 0 Å². The maximum absolute atomic E-state index is 3.86. The number of fused-ring (bicyclic) bond motifs is 10. The fourth-order valence-electron chi connectivity index (χ4n) is 5.18. The van der Waals surface area contributed by atoms with Gasteiger partial charge in [0.1, 0.15) is 0 Å². The minimum Gasteiger partial charge on any atom is -0.353 e. The van der Waals surface area contributed by atoms with Gasteiger partial charge in [0.25, 0.3) is 0 Å². The van der Waals surface area contributed by atoms with Crippen molar-refractivity contribution in [2.24, 2.45) is 0 Å². The van der Waals surface area contributed by atoms with E-state index in [2.05, 4.69) is 89.1 Å². The molecule has 30 heavy (non-hydrogen) atoms. The van der Waals surface area contributed by atoms with Crippen LogP contribution in [0.4, 0.5) is 0 Å². The van der Waals surface area contributed by atoms with E-state index < -0.39 is 0 Å². The van der Waals surface area contributed by atoms with Crippen molar-refractivity contribution in [2.75, 3.05) is 0 Å². The van der Waals surface area contributed by atoms with Crippen LogP contribution < -0.4 is 0 Å². The molecule has 3 aromatic carbocycles. The van der Waals surface area contributed by atoms with Gasteiger partial charge in [0.15, 0.2) is 0 Å². The fourth-order valence-corrected chi connectivity index (χ4v) is 5.18. The van der Waals surface area contributed by atoms with Gasteiger partial charge in [-0.05, 0) is 36.6 Å². The first kappa shape index (κ1) is 17.6. The summed E-state index contributed by atoms with van der Waals surface area (Å²) in [6.45, 7) is 2.27. The molecule has 2 nitrogen and oxygen atoms in total. The normalized spacial score (nSPS) is 12.2. The molecule has 1 N–H and O–H groups in total. The summed E-state index contributed by atoms with van der Waals surface area (Å²) in [5.74, 6) is 0. The molecule has 0 saturated carbocycles. The van der Waals surface area contributed by atoms with Crippen molar-refractivity contribution in [1.82, 2.24) is 9.38 Å². The lowest BCUT2D eigenvalue weighted by Crippen LogP contribution is -1.89. The summed E-state index contributed by atoms with van der Waals surface area (Å²) >= 11 is 0. The molecule has 0 saturated heterocycles. The number of aryl methyl sites for hydroxylation is 1. The first-order valence-electron chi connectivity index (χ1n) is 11.2. The number of rotatable bonds is 5. The molecule has 0 unspecified atom stereocenters. The van der Waals surface area contributed by atoms with Gasteiger partial charge in [-0.2, -0.15) is 0 Å². The Morgan fingerprint density at radius 2 is 1.50 bits per heavy atom. The molecule has 0 spiro atoms. The van der Waals surface area contributed by atoms with E-state index in [1.54, 1.807) is 0 Å².